The Morgan fingerprint density at radius 1 is 1.00 bits per heavy atom. The van der Waals surface area contributed by atoms with Crippen molar-refractivity contribution in [3.63, 3.8) is 0 Å². The average Bonchev–Trinajstić information content (AvgIpc) is 1.77. The lowest BCUT2D eigenvalue weighted by Gasteiger charge is -2.21. The Balaban J connectivity index is 4.56. The summed E-state index contributed by atoms with van der Waals surface area (Å²) in [4.78, 5) is 0. The van der Waals surface area contributed by atoms with E-state index in [0.717, 1.165) is 0 Å². The third-order valence-corrected chi connectivity index (χ3v) is 1.16. The summed E-state index contributed by atoms with van der Waals surface area (Å²) in [5.74, 6) is -3.35. The van der Waals surface area contributed by atoms with E-state index in [1.54, 1.807) is 0 Å². The molecule has 0 nitrogen and oxygen atoms in total. The second-order valence-electron chi connectivity index (χ2n) is 2.11. The van der Waals surface area contributed by atoms with E-state index in [-0.39, 0.29) is 0 Å². The largest absolute Gasteiger partial charge is 0.400 e. The minimum absolute atomic E-state index is 0.353. The molecule has 0 unspecified atom stereocenters. The fourth-order valence-corrected chi connectivity index (χ4v) is 0.589. The number of halogens is 6. The van der Waals surface area contributed by atoms with Crippen molar-refractivity contribution in [2.45, 2.75) is 18.8 Å². The Hall–Kier alpha value is -0.680. The number of rotatable bonds is 2. The summed E-state index contributed by atoms with van der Waals surface area (Å²) in [6.45, 7) is 4.50. The van der Waals surface area contributed by atoms with Crippen molar-refractivity contribution in [3.05, 3.63) is 12.7 Å². The molecular weight excluding hydrogens is 186 g/mol. The van der Waals surface area contributed by atoms with Gasteiger partial charge in [-0.3, -0.25) is 0 Å². The van der Waals surface area contributed by atoms with Crippen LogP contribution in [-0.4, -0.2) is 12.4 Å². The molecule has 0 fully saturated rings. The second-order valence-corrected chi connectivity index (χ2v) is 2.11. The lowest BCUT2D eigenvalue weighted by atomic mass is 10.1. The van der Waals surface area contributed by atoms with E-state index in [2.05, 4.69) is 6.58 Å². The maximum atomic E-state index is 11.6. The van der Waals surface area contributed by atoms with Crippen molar-refractivity contribution in [1.29, 1.82) is 0 Å². The normalized spacial score (nSPS) is 13.6. The zero-order valence-corrected chi connectivity index (χ0v) is 5.71. The summed E-state index contributed by atoms with van der Waals surface area (Å²) in [6.07, 6.45) is -11.5. The first-order valence-electron chi connectivity index (χ1n) is 2.86. The van der Waals surface area contributed by atoms with E-state index in [1.807, 2.05) is 0 Å². The first-order chi connectivity index (χ1) is 5.19. The summed E-state index contributed by atoms with van der Waals surface area (Å²) < 4.78 is 69.6. The molecule has 0 aliphatic carbocycles. The number of hydrogen-bond donors (Lipinski definition) is 0. The quantitative estimate of drug-likeness (QED) is 0.588. The molecule has 0 atom stereocenters. The Labute approximate surface area is 64.9 Å². The second kappa shape index (κ2) is 3.37. The Morgan fingerprint density at radius 2 is 1.33 bits per heavy atom. The van der Waals surface area contributed by atoms with Crippen molar-refractivity contribution in [2.75, 3.05) is 0 Å². The molecule has 0 aliphatic heterocycles. The molecule has 0 aromatic rings. The highest BCUT2D eigenvalue weighted by atomic mass is 19.4. The van der Waals surface area contributed by atoms with Crippen LogP contribution in [0.5, 0.6) is 0 Å². The molecule has 0 aromatic carbocycles. The van der Waals surface area contributed by atoms with Crippen LogP contribution in [0.25, 0.3) is 0 Å². The molecule has 1 radical (unpaired) electrons. The minimum Gasteiger partial charge on any atom is -0.170 e. The molecule has 0 N–H and O–H groups in total. The lowest BCUT2D eigenvalue weighted by molar-refractivity contribution is -0.282. The van der Waals surface area contributed by atoms with E-state index >= 15 is 0 Å². The summed E-state index contributed by atoms with van der Waals surface area (Å²) >= 11 is 0. The number of alkyl halides is 6. The van der Waals surface area contributed by atoms with Crippen molar-refractivity contribution in [1.82, 2.24) is 0 Å². The predicted octanol–water partition coefficient (Wildman–Crippen LogP) is 3.11. The molecule has 12 heavy (non-hydrogen) atoms. The van der Waals surface area contributed by atoms with Gasteiger partial charge in [0.1, 0.15) is 0 Å². The van der Waals surface area contributed by atoms with Crippen LogP contribution in [0.2, 0.25) is 0 Å². The lowest BCUT2D eigenvalue weighted by Crippen LogP contribution is -2.35. The molecule has 0 aliphatic rings. The maximum Gasteiger partial charge on any atom is 0.400 e. The van der Waals surface area contributed by atoms with Gasteiger partial charge in [0.15, 0.2) is 5.92 Å². The van der Waals surface area contributed by atoms with E-state index in [4.69, 9.17) is 0 Å². The average molecular weight is 191 g/mol. The van der Waals surface area contributed by atoms with Gasteiger partial charge in [0.05, 0.1) is 0 Å². The van der Waals surface area contributed by atoms with Gasteiger partial charge in [0.25, 0.3) is 0 Å². The summed E-state index contributed by atoms with van der Waals surface area (Å²) in [6, 6.07) is 0. The van der Waals surface area contributed by atoms with Crippen LogP contribution in [0.3, 0.4) is 0 Å². The van der Waals surface area contributed by atoms with Crippen LogP contribution in [0.1, 0.15) is 6.42 Å². The first kappa shape index (κ1) is 11.3. The van der Waals surface area contributed by atoms with E-state index in [0.29, 0.717) is 6.08 Å². The number of hydrogen-bond acceptors (Lipinski definition) is 0. The van der Waals surface area contributed by atoms with Crippen LogP contribution < -0.4 is 0 Å². The summed E-state index contributed by atoms with van der Waals surface area (Å²) in [5.41, 5.74) is 0. The smallest absolute Gasteiger partial charge is 0.170 e. The van der Waals surface area contributed by atoms with Gasteiger partial charge >= 0.3 is 12.4 Å². The van der Waals surface area contributed by atoms with Crippen molar-refractivity contribution in [3.8, 4) is 0 Å². The Kier molecular flexibility index (Phi) is 3.17. The SMILES string of the molecule is [CH]=CCC(C(F)(F)F)C(F)(F)F. The third kappa shape index (κ3) is 3.15. The standard InChI is InChI=1S/C6H5F6/c1-2-3-4(5(7,8)9)6(10,11)12/h1-2,4H,3H2. The van der Waals surface area contributed by atoms with Crippen LogP contribution >= 0.6 is 0 Å². The van der Waals surface area contributed by atoms with Crippen LogP contribution in [-0.2, 0) is 0 Å². The predicted molar refractivity (Wildman–Crippen MR) is 29.1 cm³/mol. The highest BCUT2D eigenvalue weighted by Crippen LogP contribution is 2.41. The Morgan fingerprint density at radius 3 is 1.42 bits per heavy atom. The molecule has 0 spiro atoms. The molecule has 0 heterocycles. The van der Waals surface area contributed by atoms with Crippen molar-refractivity contribution < 1.29 is 26.3 Å². The van der Waals surface area contributed by atoms with Crippen LogP contribution in [0, 0.1) is 12.5 Å². The van der Waals surface area contributed by atoms with Gasteiger partial charge in [-0.25, -0.2) is 0 Å². The van der Waals surface area contributed by atoms with E-state index in [9.17, 15) is 26.3 Å². The van der Waals surface area contributed by atoms with Crippen molar-refractivity contribution >= 4 is 0 Å². The van der Waals surface area contributed by atoms with E-state index < -0.39 is 24.7 Å². The zero-order chi connectivity index (χ0) is 9.99. The molecular formula is C6H5F6. The van der Waals surface area contributed by atoms with Crippen LogP contribution in [0.4, 0.5) is 26.3 Å². The fourth-order valence-electron chi connectivity index (χ4n) is 0.589. The zero-order valence-electron chi connectivity index (χ0n) is 5.71. The highest BCUT2D eigenvalue weighted by molar-refractivity contribution is 4.81. The number of allylic oxidation sites excluding steroid dienone is 1. The molecule has 0 amide bonds. The van der Waals surface area contributed by atoms with Crippen LogP contribution in [0.15, 0.2) is 6.08 Å². The molecule has 6 heteroatoms. The fraction of sp³-hybridized carbons (Fsp3) is 0.667. The Bertz CT molecular complexity index is 138. The third-order valence-electron chi connectivity index (χ3n) is 1.16. The van der Waals surface area contributed by atoms with Gasteiger partial charge in [-0.2, -0.15) is 26.3 Å². The van der Waals surface area contributed by atoms with Gasteiger partial charge < -0.3 is 0 Å². The summed E-state index contributed by atoms with van der Waals surface area (Å²) in [7, 11) is 0. The monoisotopic (exact) mass is 191 g/mol. The molecule has 0 bridgehead atoms. The molecule has 0 aromatic heterocycles. The maximum absolute atomic E-state index is 11.6. The van der Waals surface area contributed by atoms with Crippen molar-refractivity contribution in [2.24, 2.45) is 5.92 Å². The van der Waals surface area contributed by atoms with Gasteiger partial charge in [-0.15, -0.1) is 0 Å². The molecule has 0 saturated heterocycles. The highest BCUT2D eigenvalue weighted by Gasteiger charge is 2.55. The molecule has 71 valence electrons. The topological polar surface area (TPSA) is 0 Å². The molecule has 0 saturated carbocycles. The van der Waals surface area contributed by atoms with Gasteiger partial charge in [0.2, 0.25) is 0 Å². The summed E-state index contributed by atoms with van der Waals surface area (Å²) in [5, 5.41) is 0. The minimum atomic E-state index is -5.28. The first-order valence-corrected chi connectivity index (χ1v) is 2.86. The van der Waals surface area contributed by atoms with Gasteiger partial charge in [-0.1, -0.05) is 12.7 Å². The van der Waals surface area contributed by atoms with Gasteiger partial charge in [-0.05, 0) is 6.42 Å². The van der Waals surface area contributed by atoms with E-state index in [1.165, 1.54) is 0 Å². The molecule has 0 rings (SSSR count). The van der Waals surface area contributed by atoms with Gasteiger partial charge in [0, 0.05) is 0 Å².